The Balaban J connectivity index is 1.98. The number of nitrogens with one attached hydrogen (secondary N) is 1. The van der Waals surface area contributed by atoms with Crippen LogP contribution in [0.25, 0.3) is 0 Å². The monoisotopic (exact) mass is 279 g/mol. The highest BCUT2D eigenvalue weighted by Crippen LogP contribution is 2.26. The van der Waals surface area contributed by atoms with Gasteiger partial charge in [-0.2, -0.15) is 0 Å². The van der Waals surface area contributed by atoms with Crippen molar-refractivity contribution < 1.29 is 14.1 Å². The molecule has 1 amide bonds. The summed E-state index contributed by atoms with van der Waals surface area (Å²) in [6, 6.07) is 9.25. The molecule has 0 bridgehead atoms. The molecule has 0 unspecified atom stereocenters. The van der Waals surface area contributed by atoms with Crippen LogP contribution in [0.3, 0.4) is 0 Å². The molecule has 19 heavy (non-hydrogen) atoms. The normalized spacial score (nSPS) is 10.2. The molecule has 0 radical (unpaired) electrons. The fourth-order valence-corrected chi connectivity index (χ4v) is 2.23. The minimum Gasteiger partial charge on any atom is -0.497 e. The van der Waals surface area contributed by atoms with E-state index in [1.54, 1.807) is 24.9 Å². The zero-order valence-electron chi connectivity index (χ0n) is 10.3. The molecule has 0 aliphatic carbocycles. The number of thioether (sulfide) groups is 1. The fraction of sp³-hybridized carbons (Fsp3) is 0.167. The van der Waals surface area contributed by atoms with Crippen LogP contribution in [0.2, 0.25) is 0 Å². The average Bonchev–Trinajstić information content (AvgIpc) is 2.93. The van der Waals surface area contributed by atoms with Gasteiger partial charge < -0.3 is 9.26 Å². The van der Waals surface area contributed by atoms with Gasteiger partial charge in [-0.1, -0.05) is 11.2 Å². The maximum absolute atomic E-state index is 11.2. The maximum atomic E-state index is 11.2. The van der Waals surface area contributed by atoms with Gasteiger partial charge >= 0.3 is 0 Å². The molecule has 6 nitrogen and oxygen atoms in total. The summed E-state index contributed by atoms with van der Waals surface area (Å²) in [7, 11) is 1.62. The van der Waals surface area contributed by atoms with Gasteiger partial charge in [-0.25, -0.2) is 5.84 Å². The molecule has 3 N–H and O–H groups in total. The summed E-state index contributed by atoms with van der Waals surface area (Å²) in [4.78, 5) is 12.2. The van der Waals surface area contributed by atoms with E-state index < -0.39 is 5.91 Å². The number of ether oxygens (including phenoxy) is 1. The Morgan fingerprint density at radius 3 is 3.11 bits per heavy atom. The van der Waals surface area contributed by atoms with E-state index in [9.17, 15) is 4.79 Å². The highest BCUT2D eigenvalue weighted by Gasteiger charge is 2.11. The predicted molar refractivity (Wildman–Crippen MR) is 70.7 cm³/mol. The van der Waals surface area contributed by atoms with Crippen LogP contribution in [-0.2, 0) is 5.75 Å². The SMILES string of the molecule is COc1cccc(SCc2cc(C(=O)NN)no2)c1. The molecule has 0 atom stereocenters. The van der Waals surface area contributed by atoms with Crippen LogP contribution >= 0.6 is 11.8 Å². The Morgan fingerprint density at radius 1 is 1.53 bits per heavy atom. The summed E-state index contributed by atoms with van der Waals surface area (Å²) in [6.07, 6.45) is 0. The lowest BCUT2D eigenvalue weighted by molar-refractivity contribution is 0.0944. The summed E-state index contributed by atoms with van der Waals surface area (Å²) >= 11 is 1.56. The minimum atomic E-state index is -0.471. The molecule has 7 heteroatoms. The summed E-state index contributed by atoms with van der Waals surface area (Å²) in [5.74, 6) is 6.51. The number of carbonyl (C=O) groups is 1. The van der Waals surface area contributed by atoms with E-state index >= 15 is 0 Å². The number of hydrogen-bond acceptors (Lipinski definition) is 6. The highest BCUT2D eigenvalue weighted by molar-refractivity contribution is 7.98. The summed E-state index contributed by atoms with van der Waals surface area (Å²) in [5.41, 5.74) is 2.17. The van der Waals surface area contributed by atoms with Crippen molar-refractivity contribution in [3.63, 3.8) is 0 Å². The van der Waals surface area contributed by atoms with Gasteiger partial charge in [0.25, 0.3) is 5.91 Å². The van der Waals surface area contributed by atoms with E-state index in [0.29, 0.717) is 11.5 Å². The first-order valence-corrected chi connectivity index (χ1v) is 6.45. The second-order valence-electron chi connectivity index (χ2n) is 3.62. The van der Waals surface area contributed by atoms with Gasteiger partial charge in [0.2, 0.25) is 0 Å². The van der Waals surface area contributed by atoms with E-state index in [4.69, 9.17) is 15.1 Å². The molecule has 100 valence electrons. The summed E-state index contributed by atoms with van der Waals surface area (Å²) in [5, 5.41) is 3.63. The van der Waals surface area contributed by atoms with Crippen molar-refractivity contribution in [3.8, 4) is 5.75 Å². The van der Waals surface area contributed by atoms with Gasteiger partial charge in [0, 0.05) is 11.0 Å². The first-order chi connectivity index (χ1) is 9.22. The van der Waals surface area contributed by atoms with Crippen molar-refractivity contribution in [3.05, 3.63) is 41.8 Å². The molecule has 1 aromatic heterocycles. The number of carbonyl (C=O) groups excluding carboxylic acids is 1. The molecule has 1 aromatic carbocycles. The van der Waals surface area contributed by atoms with Crippen molar-refractivity contribution in [1.82, 2.24) is 10.6 Å². The smallest absolute Gasteiger partial charge is 0.287 e. The lowest BCUT2D eigenvalue weighted by Gasteiger charge is -2.02. The third-order valence-electron chi connectivity index (χ3n) is 2.34. The number of aromatic nitrogens is 1. The Bertz CT molecular complexity index is 571. The van der Waals surface area contributed by atoms with Gasteiger partial charge in [0.05, 0.1) is 12.9 Å². The molecule has 0 aliphatic rings. The Kier molecular flexibility index (Phi) is 4.43. The largest absolute Gasteiger partial charge is 0.497 e. The number of nitrogens with zero attached hydrogens (tertiary/aromatic N) is 1. The van der Waals surface area contributed by atoms with Crippen molar-refractivity contribution >= 4 is 17.7 Å². The van der Waals surface area contributed by atoms with Crippen LogP contribution in [0, 0.1) is 0 Å². The lowest BCUT2D eigenvalue weighted by Crippen LogP contribution is -2.30. The summed E-state index contributed by atoms with van der Waals surface area (Å²) < 4.78 is 10.2. The van der Waals surface area contributed by atoms with Crippen molar-refractivity contribution in [1.29, 1.82) is 0 Å². The molecule has 0 saturated carbocycles. The van der Waals surface area contributed by atoms with Gasteiger partial charge in [0.1, 0.15) is 11.5 Å². The standard InChI is InChI=1S/C12H13N3O3S/c1-17-8-3-2-4-10(5-8)19-7-9-6-11(15-18-9)12(16)14-13/h2-6H,7,13H2,1H3,(H,14,16). The molecule has 2 aromatic rings. The molecule has 0 fully saturated rings. The zero-order valence-corrected chi connectivity index (χ0v) is 11.1. The predicted octanol–water partition coefficient (Wildman–Crippen LogP) is 1.58. The van der Waals surface area contributed by atoms with Crippen molar-refractivity contribution in [2.24, 2.45) is 5.84 Å². The molecule has 0 aliphatic heterocycles. The van der Waals surface area contributed by atoms with Crippen LogP contribution in [-0.4, -0.2) is 18.2 Å². The number of methoxy groups -OCH3 is 1. The van der Waals surface area contributed by atoms with Crippen molar-refractivity contribution in [2.45, 2.75) is 10.6 Å². The van der Waals surface area contributed by atoms with E-state index in [1.807, 2.05) is 29.7 Å². The second-order valence-corrected chi connectivity index (χ2v) is 4.67. The molecule has 0 spiro atoms. The number of nitrogens with two attached hydrogens (primary N) is 1. The van der Waals surface area contributed by atoms with Gasteiger partial charge in [-0.15, -0.1) is 11.8 Å². The van der Waals surface area contributed by atoms with Crippen LogP contribution in [0.4, 0.5) is 0 Å². The third-order valence-corrected chi connectivity index (χ3v) is 3.36. The van der Waals surface area contributed by atoms with E-state index in [2.05, 4.69) is 5.16 Å². The molecular weight excluding hydrogens is 266 g/mol. The fourth-order valence-electron chi connectivity index (χ4n) is 1.41. The quantitative estimate of drug-likeness (QED) is 0.374. The number of rotatable bonds is 5. The van der Waals surface area contributed by atoms with Gasteiger partial charge in [0.15, 0.2) is 5.69 Å². The van der Waals surface area contributed by atoms with E-state index in [0.717, 1.165) is 10.6 Å². The summed E-state index contributed by atoms with van der Waals surface area (Å²) in [6.45, 7) is 0. The Hall–Kier alpha value is -1.99. The van der Waals surface area contributed by atoms with E-state index in [-0.39, 0.29) is 5.69 Å². The average molecular weight is 279 g/mol. The number of nitrogen functional groups attached to an aromatic ring is 1. The van der Waals surface area contributed by atoms with Crippen LogP contribution in [0.1, 0.15) is 16.2 Å². The number of benzene rings is 1. The van der Waals surface area contributed by atoms with Crippen LogP contribution < -0.4 is 16.0 Å². The van der Waals surface area contributed by atoms with E-state index in [1.165, 1.54) is 0 Å². The first kappa shape index (κ1) is 13.4. The number of amides is 1. The Morgan fingerprint density at radius 2 is 2.37 bits per heavy atom. The molecule has 1 heterocycles. The van der Waals surface area contributed by atoms with Gasteiger partial charge in [-0.05, 0) is 18.2 Å². The first-order valence-electron chi connectivity index (χ1n) is 5.46. The maximum Gasteiger partial charge on any atom is 0.287 e. The third kappa shape index (κ3) is 3.49. The molecule has 0 saturated heterocycles. The zero-order chi connectivity index (χ0) is 13.7. The topological polar surface area (TPSA) is 90.4 Å². The highest BCUT2D eigenvalue weighted by atomic mass is 32.2. The number of hydrogen-bond donors (Lipinski definition) is 2. The molecular formula is C12H13N3O3S. The molecule has 2 rings (SSSR count). The Labute approximate surface area is 114 Å². The van der Waals surface area contributed by atoms with Crippen molar-refractivity contribution in [2.75, 3.05) is 7.11 Å². The van der Waals surface area contributed by atoms with Crippen LogP contribution in [0.5, 0.6) is 5.75 Å². The minimum absolute atomic E-state index is 0.170. The van der Waals surface area contributed by atoms with Gasteiger partial charge in [-0.3, -0.25) is 10.2 Å². The number of hydrazine groups is 1. The lowest BCUT2D eigenvalue weighted by atomic mass is 10.3. The second kappa shape index (κ2) is 6.26. The van der Waals surface area contributed by atoms with Crippen LogP contribution in [0.15, 0.2) is 39.8 Å².